The zero-order chi connectivity index (χ0) is 27.2. The number of ether oxygens (including phenoxy) is 2. The summed E-state index contributed by atoms with van der Waals surface area (Å²) in [6.07, 6.45) is -0.159. The fraction of sp³-hybridized carbons (Fsp3) is 0.407. The van der Waals surface area contributed by atoms with Gasteiger partial charge in [-0.15, -0.1) is 0 Å². The van der Waals surface area contributed by atoms with E-state index in [2.05, 4.69) is 0 Å². The third-order valence-corrected chi connectivity index (χ3v) is 6.85. The van der Waals surface area contributed by atoms with Crippen molar-refractivity contribution in [1.82, 2.24) is 4.90 Å². The smallest absolute Gasteiger partial charge is 0.375 e. The summed E-state index contributed by atoms with van der Waals surface area (Å²) in [7, 11) is 0. The van der Waals surface area contributed by atoms with E-state index in [1.54, 1.807) is 61.2 Å². The molecule has 0 aromatic heterocycles. The minimum Gasteiger partial charge on any atom is -0.454 e. The summed E-state index contributed by atoms with van der Waals surface area (Å²) in [5, 5.41) is 0.685. The molecule has 0 spiro atoms. The molecule has 1 aliphatic heterocycles. The van der Waals surface area contributed by atoms with E-state index in [9.17, 15) is 19.2 Å². The third kappa shape index (κ3) is 7.77. The highest BCUT2D eigenvalue weighted by atomic mass is 35.5. The number of anilines is 1. The third-order valence-electron chi connectivity index (χ3n) is 6.11. The number of esters is 1. The first kappa shape index (κ1) is 28.6. The largest absolute Gasteiger partial charge is 0.454 e. The Bertz CT molecular complexity index is 1160. The van der Waals surface area contributed by atoms with Crippen LogP contribution in [0.15, 0.2) is 42.5 Å². The van der Waals surface area contributed by atoms with Gasteiger partial charge in [0, 0.05) is 24.3 Å². The SMILES string of the molecule is CCC(C)(C)OC(=O)C(=O)CC(=O)N(Cc1ccc(Cl)c(Cl)c1)c1ccc(C(=O)N2CCOCC2)cc1. The molecular formula is C27H30Cl2N2O6. The van der Waals surface area contributed by atoms with Crippen molar-refractivity contribution in [2.45, 2.75) is 45.8 Å². The number of carbonyl (C=O) groups is 4. The summed E-state index contributed by atoms with van der Waals surface area (Å²) in [4.78, 5) is 54.0. The second kappa shape index (κ2) is 12.5. The lowest BCUT2D eigenvalue weighted by Gasteiger charge is -2.27. The zero-order valence-electron chi connectivity index (χ0n) is 21.1. The summed E-state index contributed by atoms with van der Waals surface area (Å²) in [5.41, 5.74) is 0.760. The number of hydrogen-bond donors (Lipinski definition) is 0. The number of amides is 2. The Morgan fingerprint density at radius 3 is 2.24 bits per heavy atom. The van der Waals surface area contributed by atoms with E-state index in [0.717, 1.165) is 0 Å². The van der Waals surface area contributed by atoms with Crippen LogP contribution >= 0.6 is 23.2 Å². The number of ketones is 1. The molecule has 0 N–H and O–H groups in total. The summed E-state index contributed by atoms with van der Waals surface area (Å²) in [6.45, 7) is 7.27. The molecule has 2 aromatic carbocycles. The van der Waals surface area contributed by atoms with Gasteiger partial charge >= 0.3 is 5.97 Å². The van der Waals surface area contributed by atoms with Crippen molar-refractivity contribution in [3.63, 3.8) is 0 Å². The van der Waals surface area contributed by atoms with Crippen molar-refractivity contribution in [2.75, 3.05) is 31.2 Å². The Balaban J connectivity index is 1.82. The van der Waals surface area contributed by atoms with Crippen molar-refractivity contribution in [2.24, 2.45) is 0 Å². The Kier molecular flexibility index (Phi) is 9.70. The van der Waals surface area contributed by atoms with Gasteiger partial charge in [0.25, 0.3) is 5.91 Å². The number of carbonyl (C=O) groups excluding carboxylic acids is 4. The predicted octanol–water partition coefficient (Wildman–Crippen LogP) is 4.69. The van der Waals surface area contributed by atoms with E-state index >= 15 is 0 Å². The van der Waals surface area contributed by atoms with Gasteiger partial charge in [-0.25, -0.2) is 4.79 Å². The average molecular weight is 549 g/mol. The van der Waals surface area contributed by atoms with Gasteiger partial charge in [0.2, 0.25) is 11.7 Å². The topological polar surface area (TPSA) is 93.2 Å². The van der Waals surface area contributed by atoms with Gasteiger partial charge in [-0.1, -0.05) is 36.2 Å². The molecule has 3 rings (SSSR count). The Hall–Kier alpha value is -2.94. The first-order chi connectivity index (χ1) is 17.5. The summed E-state index contributed by atoms with van der Waals surface area (Å²) in [6, 6.07) is 11.5. The first-order valence-corrected chi connectivity index (χ1v) is 12.7. The molecule has 0 unspecified atom stereocenters. The minimum absolute atomic E-state index is 0.0647. The maximum absolute atomic E-state index is 13.3. The van der Waals surface area contributed by atoms with Crippen molar-refractivity contribution in [3.8, 4) is 0 Å². The van der Waals surface area contributed by atoms with Crippen LogP contribution in [-0.4, -0.2) is 60.4 Å². The highest BCUT2D eigenvalue weighted by Crippen LogP contribution is 2.26. The second-order valence-corrected chi connectivity index (χ2v) is 10.1. The van der Waals surface area contributed by atoms with E-state index in [0.29, 0.717) is 59.6 Å². The van der Waals surface area contributed by atoms with Crippen LogP contribution in [0.2, 0.25) is 10.0 Å². The zero-order valence-corrected chi connectivity index (χ0v) is 22.6. The van der Waals surface area contributed by atoms with Crippen LogP contribution in [0.1, 0.15) is 49.5 Å². The van der Waals surface area contributed by atoms with E-state index in [1.165, 1.54) is 4.90 Å². The molecular weight excluding hydrogens is 519 g/mol. The molecule has 0 atom stereocenters. The van der Waals surface area contributed by atoms with Gasteiger partial charge < -0.3 is 19.3 Å². The van der Waals surface area contributed by atoms with Crippen LogP contribution < -0.4 is 4.90 Å². The van der Waals surface area contributed by atoms with Gasteiger partial charge in [0.05, 0.1) is 36.2 Å². The van der Waals surface area contributed by atoms with Crippen LogP contribution in [0.25, 0.3) is 0 Å². The number of rotatable bonds is 9. The summed E-state index contributed by atoms with van der Waals surface area (Å²) < 4.78 is 10.5. The first-order valence-electron chi connectivity index (χ1n) is 12.0. The maximum atomic E-state index is 13.3. The fourth-order valence-electron chi connectivity index (χ4n) is 3.56. The van der Waals surface area contributed by atoms with Crippen molar-refractivity contribution in [3.05, 3.63) is 63.6 Å². The maximum Gasteiger partial charge on any atom is 0.375 e. The molecule has 0 aliphatic carbocycles. The van der Waals surface area contributed by atoms with Crippen LogP contribution in [0.3, 0.4) is 0 Å². The van der Waals surface area contributed by atoms with E-state index in [-0.39, 0.29) is 12.5 Å². The molecule has 1 fully saturated rings. The van der Waals surface area contributed by atoms with Crippen molar-refractivity contribution >= 4 is 52.5 Å². The Morgan fingerprint density at radius 1 is 1.00 bits per heavy atom. The lowest BCUT2D eigenvalue weighted by molar-refractivity contribution is -0.164. The fourth-order valence-corrected chi connectivity index (χ4v) is 3.88. The van der Waals surface area contributed by atoms with Gasteiger partial charge in [-0.2, -0.15) is 0 Å². The van der Waals surface area contributed by atoms with Crippen LogP contribution in [-0.2, 0) is 30.4 Å². The van der Waals surface area contributed by atoms with E-state index in [1.807, 2.05) is 6.92 Å². The quantitative estimate of drug-likeness (QED) is 0.256. The van der Waals surface area contributed by atoms with Gasteiger partial charge in [0.1, 0.15) is 5.60 Å². The minimum atomic E-state index is -1.05. The number of Topliss-reactive ketones (excluding diaryl/α,β-unsaturated/α-hetero) is 1. The molecule has 198 valence electrons. The molecule has 2 amide bonds. The van der Waals surface area contributed by atoms with Crippen LogP contribution in [0.4, 0.5) is 5.69 Å². The van der Waals surface area contributed by atoms with Crippen LogP contribution in [0, 0.1) is 0 Å². The van der Waals surface area contributed by atoms with E-state index < -0.39 is 29.7 Å². The molecule has 2 aromatic rings. The molecule has 1 heterocycles. The molecule has 37 heavy (non-hydrogen) atoms. The number of morpholine rings is 1. The molecule has 0 saturated carbocycles. The molecule has 8 nitrogen and oxygen atoms in total. The number of halogens is 2. The van der Waals surface area contributed by atoms with E-state index in [4.69, 9.17) is 32.7 Å². The molecule has 1 aliphatic rings. The predicted molar refractivity (Wildman–Crippen MR) is 141 cm³/mol. The van der Waals surface area contributed by atoms with Crippen molar-refractivity contribution in [1.29, 1.82) is 0 Å². The monoisotopic (exact) mass is 548 g/mol. The molecule has 0 radical (unpaired) electrons. The van der Waals surface area contributed by atoms with Crippen molar-refractivity contribution < 1.29 is 28.7 Å². The summed E-state index contributed by atoms with van der Waals surface area (Å²) >= 11 is 12.2. The number of nitrogens with zero attached hydrogens (tertiary/aromatic N) is 2. The second-order valence-electron chi connectivity index (χ2n) is 9.28. The Labute approximate surface area is 226 Å². The average Bonchev–Trinajstić information content (AvgIpc) is 2.89. The lowest BCUT2D eigenvalue weighted by atomic mass is 10.1. The number of hydrogen-bond acceptors (Lipinski definition) is 6. The normalized spacial score (nSPS) is 13.7. The highest BCUT2D eigenvalue weighted by molar-refractivity contribution is 6.42. The summed E-state index contributed by atoms with van der Waals surface area (Å²) in [5.74, 6) is -2.73. The lowest BCUT2D eigenvalue weighted by Crippen LogP contribution is -2.40. The number of benzene rings is 2. The van der Waals surface area contributed by atoms with Gasteiger partial charge in [-0.3, -0.25) is 14.4 Å². The Morgan fingerprint density at radius 2 is 1.65 bits per heavy atom. The van der Waals surface area contributed by atoms with Gasteiger partial charge in [0.15, 0.2) is 0 Å². The molecule has 10 heteroatoms. The highest BCUT2D eigenvalue weighted by Gasteiger charge is 2.29. The van der Waals surface area contributed by atoms with Gasteiger partial charge in [-0.05, 0) is 62.2 Å². The standard InChI is InChI=1S/C27H30Cl2N2O6/c1-4-27(2,3)37-26(35)23(32)16-24(33)31(17-18-5-10-21(28)22(29)15-18)20-8-6-19(7-9-20)25(34)30-11-13-36-14-12-30/h5-10,15H,4,11-14,16-17H2,1-3H3. The molecule has 1 saturated heterocycles. The molecule has 0 bridgehead atoms. The van der Waals surface area contributed by atoms with Crippen LogP contribution in [0.5, 0.6) is 0 Å².